The summed E-state index contributed by atoms with van der Waals surface area (Å²) in [4.78, 5) is 23.1. The van der Waals surface area contributed by atoms with Crippen molar-refractivity contribution in [3.8, 4) is 0 Å². The van der Waals surface area contributed by atoms with E-state index >= 15 is 0 Å². The molecule has 0 spiro atoms. The first-order valence-corrected chi connectivity index (χ1v) is 6.84. The van der Waals surface area contributed by atoms with Crippen LogP contribution in [-0.4, -0.2) is 17.9 Å². The Kier molecular flexibility index (Phi) is 5.96. The first-order chi connectivity index (χ1) is 10.1. The number of alkyl halides is 3. The lowest BCUT2D eigenvalue weighted by atomic mass is 10.0. The van der Waals surface area contributed by atoms with Crippen LogP contribution in [0.1, 0.15) is 31.4 Å². The first kappa shape index (κ1) is 18.0. The van der Waals surface area contributed by atoms with E-state index in [-0.39, 0.29) is 12.3 Å². The number of halogens is 3. The van der Waals surface area contributed by atoms with Crippen molar-refractivity contribution >= 4 is 11.8 Å². The van der Waals surface area contributed by atoms with Crippen LogP contribution in [0.25, 0.3) is 0 Å². The molecule has 7 heteroatoms. The molecule has 1 aromatic carbocycles. The largest absolute Gasteiger partial charge is 0.416 e. The monoisotopic (exact) mass is 316 g/mol. The van der Waals surface area contributed by atoms with Crippen LogP contribution in [0, 0.1) is 5.92 Å². The number of carbonyl (C=O) groups is 2. The SMILES string of the molecule is CC(C)C[C@H](NC(=O)Cc1ccc(C(F)(F)F)cc1)C(N)=O. The Bertz CT molecular complexity index is 525. The second-order valence-electron chi connectivity index (χ2n) is 5.52. The van der Waals surface area contributed by atoms with Gasteiger partial charge in [0.2, 0.25) is 11.8 Å². The third kappa shape index (κ3) is 5.75. The van der Waals surface area contributed by atoms with Gasteiger partial charge < -0.3 is 11.1 Å². The van der Waals surface area contributed by atoms with Crippen LogP contribution in [0.4, 0.5) is 13.2 Å². The van der Waals surface area contributed by atoms with Crippen molar-refractivity contribution in [1.29, 1.82) is 0 Å². The average molecular weight is 316 g/mol. The maximum atomic E-state index is 12.4. The van der Waals surface area contributed by atoms with Gasteiger partial charge in [-0.05, 0) is 30.0 Å². The molecule has 0 aromatic heterocycles. The van der Waals surface area contributed by atoms with E-state index in [1.165, 1.54) is 12.1 Å². The molecule has 1 rings (SSSR count). The van der Waals surface area contributed by atoms with E-state index in [0.717, 1.165) is 12.1 Å². The molecule has 3 N–H and O–H groups in total. The van der Waals surface area contributed by atoms with E-state index in [4.69, 9.17) is 5.73 Å². The minimum Gasteiger partial charge on any atom is -0.368 e. The summed E-state index contributed by atoms with van der Waals surface area (Å²) in [7, 11) is 0. The Hall–Kier alpha value is -2.05. The van der Waals surface area contributed by atoms with Crippen molar-refractivity contribution < 1.29 is 22.8 Å². The number of nitrogens with one attached hydrogen (secondary N) is 1. The normalized spacial score (nSPS) is 13.0. The molecule has 0 unspecified atom stereocenters. The van der Waals surface area contributed by atoms with Crippen molar-refractivity contribution in [3.05, 3.63) is 35.4 Å². The lowest BCUT2D eigenvalue weighted by Crippen LogP contribution is -2.45. The van der Waals surface area contributed by atoms with Gasteiger partial charge in [-0.1, -0.05) is 26.0 Å². The second-order valence-corrected chi connectivity index (χ2v) is 5.52. The lowest BCUT2D eigenvalue weighted by Gasteiger charge is -2.17. The second kappa shape index (κ2) is 7.29. The molecule has 4 nitrogen and oxygen atoms in total. The molecule has 2 amide bonds. The summed E-state index contributed by atoms with van der Waals surface area (Å²) in [6, 6.07) is 3.54. The Balaban J connectivity index is 2.66. The topological polar surface area (TPSA) is 72.2 Å². The van der Waals surface area contributed by atoms with E-state index < -0.39 is 29.6 Å². The molecule has 0 saturated heterocycles. The van der Waals surface area contributed by atoms with Crippen LogP contribution in [0.3, 0.4) is 0 Å². The number of amides is 2. The summed E-state index contributed by atoms with van der Waals surface area (Å²) in [5.74, 6) is -0.914. The van der Waals surface area contributed by atoms with Gasteiger partial charge in [0.1, 0.15) is 6.04 Å². The number of primary amides is 1. The van der Waals surface area contributed by atoms with Crippen molar-refractivity contribution in [1.82, 2.24) is 5.32 Å². The molecule has 0 aliphatic heterocycles. The van der Waals surface area contributed by atoms with Gasteiger partial charge in [-0.2, -0.15) is 13.2 Å². The first-order valence-electron chi connectivity index (χ1n) is 6.84. The highest BCUT2D eigenvalue weighted by atomic mass is 19.4. The number of carbonyl (C=O) groups excluding carboxylic acids is 2. The number of hydrogen-bond donors (Lipinski definition) is 2. The maximum absolute atomic E-state index is 12.4. The Morgan fingerprint density at radius 2 is 1.73 bits per heavy atom. The summed E-state index contributed by atoms with van der Waals surface area (Å²) in [5, 5.41) is 2.51. The fraction of sp³-hybridized carbons (Fsp3) is 0.467. The molecular weight excluding hydrogens is 297 g/mol. The van der Waals surface area contributed by atoms with Crippen molar-refractivity contribution in [3.63, 3.8) is 0 Å². The molecule has 0 saturated carbocycles. The molecule has 0 heterocycles. The predicted molar refractivity (Wildman–Crippen MR) is 75.7 cm³/mol. The number of nitrogens with two attached hydrogens (primary N) is 1. The minimum absolute atomic E-state index is 0.111. The third-order valence-electron chi connectivity index (χ3n) is 3.03. The zero-order valence-corrected chi connectivity index (χ0v) is 12.4. The molecule has 1 aromatic rings. The van der Waals surface area contributed by atoms with Gasteiger partial charge >= 0.3 is 6.18 Å². The Morgan fingerprint density at radius 3 is 2.14 bits per heavy atom. The number of hydrogen-bond acceptors (Lipinski definition) is 2. The Labute approximate surface area is 126 Å². The molecule has 22 heavy (non-hydrogen) atoms. The van der Waals surface area contributed by atoms with Crippen molar-refractivity contribution in [2.45, 2.75) is 38.9 Å². The zero-order chi connectivity index (χ0) is 16.9. The maximum Gasteiger partial charge on any atom is 0.416 e. The number of rotatable bonds is 6. The molecule has 1 atom stereocenters. The fourth-order valence-electron chi connectivity index (χ4n) is 1.96. The quantitative estimate of drug-likeness (QED) is 0.845. The standard InChI is InChI=1S/C15H19F3N2O2/c1-9(2)7-12(14(19)22)20-13(21)8-10-3-5-11(6-4-10)15(16,17)18/h3-6,9,12H,7-8H2,1-2H3,(H2,19,22)(H,20,21)/t12-/m0/s1. The highest BCUT2D eigenvalue weighted by molar-refractivity contribution is 5.87. The summed E-state index contributed by atoms with van der Waals surface area (Å²) in [5.41, 5.74) is 4.87. The number of benzene rings is 1. The van der Waals surface area contributed by atoms with Gasteiger partial charge in [-0.15, -0.1) is 0 Å². The molecule has 0 aliphatic rings. The average Bonchev–Trinajstić information content (AvgIpc) is 2.36. The third-order valence-corrected chi connectivity index (χ3v) is 3.03. The van der Waals surface area contributed by atoms with E-state index in [1.807, 2.05) is 13.8 Å². The van der Waals surface area contributed by atoms with Gasteiger partial charge in [0.25, 0.3) is 0 Å². The van der Waals surface area contributed by atoms with Crippen molar-refractivity contribution in [2.75, 3.05) is 0 Å². The minimum atomic E-state index is -4.41. The molecule has 122 valence electrons. The zero-order valence-electron chi connectivity index (χ0n) is 12.4. The summed E-state index contributed by atoms with van der Waals surface area (Å²) < 4.78 is 37.3. The highest BCUT2D eigenvalue weighted by Crippen LogP contribution is 2.29. The van der Waals surface area contributed by atoms with Gasteiger partial charge in [0.15, 0.2) is 0 Å². The van der Waals surface area contributed by atoms with Crippen molar-refractivity contribution in [2.24, 2.45) is 11.7 Å². The molecule has 0 bridgehead atoms. The summed E-state index contributed by atoms with van der Waals surface area (Å²) in [6.07, 6.45) is -4.11. The van der Waals surface area contributed by atoms with Gasteiger partial charge in [-0.3, -0.25) is 9.59 Å². The van der Waals surface area contributed by atoms with Crippen LogP contribution in [0.15, 0.2) is 24.3 Å². The van der Waals surface area contributed by atoms with Gasteiger partial charge in [-0.25, -0.2) is 0 Å². The van der Waals surface area contributed by atoms with E-state index in [9.17, 15) is 22.8 Å². The molecule has 0 fully saturated rings. The van der Waals surface area contributed by atoms with Crippen LogP contribution in [0.5, 0.6) is 0 Å². The van der Waals surface area contributed by atoms with E-state index in [1.54, 1.807) is 0 Å². The molecule has 0 radical (unpaired) electrons. The van der Waals surface area contributed by atoms with Gasteiger partial charge in [0.05, 0.1) is 12.0 Å². The van der Waals surface area contributed by atoms with Crippen LogP contribution < -0.4 is 11.1 Å². The molecule has 0 aliphatic carbocycles. The lowest BCUT2D eigenvalue weighted by molar-refractivity contribution is -0.137. The Morgan fingerprint density at radius 1 is 1.18 bits per heavy atom. The molecular formula is C15H19F3N2O2. The van der Waals surface area contributed by atoms with E-state index in [0.29, 0.717) is 12.0 Å². The predicted octanol–water partition coefficient (Wildman–Crippen LogP) is 2.26. The van der Waals surface area contributed by atoms with Gasteiger partial charge in [0, 0.05) is 0 Å². The smallest absolute Gasteiger partial charge is 0.368 e. The van der Waals surface area contributed by atoms with Crippen LogP contribution >= 0.6 is 0 Å². The summed E-state index contributed by atoms with van der Waals surface area (Å²) in [6.45, 7) is 3.77. The fourth-order valence-corrected chi connectivity index (χ4v) is 1.96. The summed E-state index contributed by atoms with van der Waals surface area (Å²) >= 11 is 0. The highest BCUT2D eigenvalue weighted by Gasteiger charge is 2.30. The van der Waals surface area contributed by atoms with E-state index in [2.05, 4.69) is 5.32 Å². The van der Waals surface area contributed by atoms with Crippen LogP contribution in [0.2, 0.25) is 0 Å². The van der Waals surface area contributed by atoms with Crippen LogP contribution in [-0.2, 0) is 22.2 Å².